The SMILES string of the molecule is CCc1sc(NC(=O)CC2COCCN2)nc1-c1ccc(OC)cc1. The van der Waals surface area contributed by atoms with E-state index in [1.54, 1.807) is 7.11 Å². The van der Waals surface area contributed by atoms with E-state index in [4.69, 9.17) is 9.47 Å². The van der Waals surface area contributed by atoms with Gasteiger partial charge in [-0.25, -0.2) is 4.98 Å². The van der Waals surface area contributed by atoms with Crippen LogP contribution in [0.5, 0.6) is 5.75 Å². The van der Waals surface area contributed by atoms with Crippen LogP contribution in [-0.2, 0) is 16.0 Å². The van der Waals surface area contributed by atoms with Crippen LogP contribution in [0.4, 0.5) is 5.13 Å². The topological polar surface area (TPSA) is 72.5 Å². The van der Waals surface area contributed by atoms with Crippen molar-refractivity contribution in [3.63, 3.8) is 0 Å². The lowest BCUT2D eigenvalue weighted by Crippen LogP contribution is -2.43. The van der Waals surface area contributed by atoms with Crippen molar-refractivity contribution in [1.82, 2.24) is 10.3 Å². The molecule has 0 radical (unpaired) electrons. The maximum atomic E-state index is 12.3. The molecule has 0 bridgehead atoms. The Morgan fingerprint density at radius 2 is 2.24 bits per heavy atom. The number of ether oxygens (including phenoxy) is 2. The Hall–Kier alpha value is -1.96. The Kier molecular flexibility index (Phi) is 6.01. The van der Waals surface area contributed by atoms with E-state index in [2.05, 4.69) is 22.5 Å². The zero-order chi connectivity index (χ0) is 17.6. The molecule has 1 saturated heterocycles. The van der Waals surface area contributed by atoms with Crippen LogP contribution >= 0.6 is 11.3 Å². The zero-order valence-electron chi connectivity index (χ0n) is 14.5. The molecule has 0 saturated carbocycles. The van der Waals surface area contributed by atoms with Crippen molar-refractivity contribution in [2.45, 2.75) is 25.8 Å². The Bertz CT molecular complexity index is 709. The molecule has 1 aliphatic heterocycles. The Morgan fingerprint density at radius 1 is 1.44 bits per heavy atom. The number of anilines is 1. The first-order chi connectivity index (χ1) is 12.2. The molecule has 2 heterocycles. The van der Waals surface area contributed by atoms with Gasteiger partial charge in [0.2, 0.25) is 5.91 Å². The lowest BCUT2D eigenvalue weighted by molar-refractivity contribution is -0.117. The van der Waals surface area contributed by atoms with E-state index in [9.17, 15) is 4.79 Å². The van der Waals surface area contributed by atoms with Crippen molar-refractivity contribution >= 4 is 22.4 Å². The smallest absolute Gasteiger partial charge is 0.227 e. The van der Waals surface area contributed by atoms with Crippen LogP contribution in [0.15, 0.2) is 24.3 Å². The van der Waals surface area contributed by atoms with E-state index in [-0.39, 0.29) is 11.9 Å². The fourth-order valence-corrected chi connectivity index (χ4v) is 3.70. The molecule has 7 heteroatoms. The number of hydrogen-bond donors (Lipinski definition) is 2. The number of amides is 1. The summed E-state index contributed by atoms with van der Waals surface area (Å²) in [5, 5.41) is 6.85. The van der Waals surface area contributed by atoms with Gasteiger partial charge in [-0.05, 0) is 30.7 Å². The first-order valence-corrected chi connectivity index (χ1v) is 9.26. The molecule has 2 N–H and O–H groups in total. The van der Waals surface area contributed by atoms with Gasteiger partial charge >= 0.3 is 0 Å². The molecule has 1 unspecified atom stereocenters. The summed E-state index contributed by atoms with van der Waals surface area (Å²) in [5.74, 6) is 0.772. The number of aryl methyl sites for hydroxylation is 1. The molecule has 0 spiro atoms. The minimum absolute atomic E-state index is 0.0410. The highest BCUT2D eigenvalue weighted by Gasteiger charge is 2.19. The molecule has 1 atom stereocenters. The summed E-state index contributed by atoms with van der Waals surface area (Å²) >= 11 is 1.53. The predicted molar refractivity (Wildman–Crippen MR) is 99.3 cm³/mol. The molecule has 1 aliphatic rings. The van der Waals surface area contributed by atoms with E-state index in [0.29, 0.717) is 24.8 Å². The summed E-state index contributed by atoms with van der Waals surface area (Å²) in [6.45, 7) is 4.16. The second-order valence-electron chi connectivity index (χ2n) is 5.85. The van der Waals surface area contributed by atoms with Crippen molar-refractivity contribution < 1.29 is 14.3 Å². The maximum Gasteiger partial charge on any atom is 0.227 e. The first kappa shape index (κ1) is 17.8. The molecule has 2 aromatic rings. The molecule has 3 rings (SSSR count). The van der Waals surface area contributed by atoms with E-state index in [0.717, 1.165) is 34.8 Å². The molecule has 1 aromatic carbocycles. The molecular formula is C18H23N3O3S. The molecular weight excluding hydrogens is 338 g/mol. The minimum atomic E-state index is -0.0410. The number of methoxy groups -OCH3 is 1. The first-order valence-electron chi connectivity index (χ1n) is 8.44. The van der Waals surface area contributed by atoms with Gasteiger partial charge in [-0.2, -0.15) is 0 Å². The van der Waals surface area contributed by atoms with Crippen LogP contribution in [-0.4, -0.2) is 43.8 Å². The Balaban J connectivity index is 1.69. The van der Waals surface area contributed by atoms with Crippen LogP contribution < -0.4 is 15.4 Å². The van der Waals surface area contributed by atoms with Crippen LogP contribution in [0.2, 0.25) is 0 Å². The van der Waals surface area contributed by atoms with Gasteiger partial charge in [0.05, 0.1) is 26.0 Å². The van der Waals surface area contributed by atoms with E-state index < -0.39 is 0 Å². The van der Waals surface area contributed by atoms with Crippen molar-refractivity contribution in [3.8, 4) is 17.0 Å². The van der Waals surface area contributed by atoms with Crippen molar-refractivity contribution in [2.75, 3.05) is 32.2 Å². The van der Waals surface area contributed by atoms with Gasteiger partial charge in [0.15, 0.2) is 5.13 Å². The number of morpholine rings is 1. The van der Waals surface area contributed by atoms with E-state index in [1.807, 2.05) is 24.3 Å². The van der Waals surface area contributed by atoms with Crippen LogP contribution in [0.25, 0.3) is 11.3 Å². The fraction of sp³-hybridized carbons (Fsp3) is 0.444. The average molecular weight is 361 g/mol. The Morgan fingerprint density at radius 3 is 2.88 bits per heavy atom. The number of carbonyl (C=O) groups is 1. The lowest BCUT2D eigenvalue weighted by atomic mass is 10.1. The van der Waals surface area contributed by atoms with Gasteiger partial charge in [0.25, 0.3) is 0 Å². The highest BCUT2D eigenvalue weighted by atomic mass is 32.1. The van der Waals surface area contributed by atoms with Gasteiger partial charge in [-0.15, -0.1) is 11.3 Å². The van der Waals surface area contributed by atoms with Gasteiger partial charge in [0, 0.05) is 29.4 Å². The molecule has 1 amide bonds. The number of hydrogen-bond acceptors (Lipinski definition) is 6. The zero-order valence-corrected chi connectivity index (χ0v) is 15.3. The standard InChI is InChI=1S/C18H23N3O3S/c1-3-15-17(12-4-6-14(23-2)7-5-12)21-18(25-15)20-16(22)10-13-11-24-9-8-19-13/h4-7,13,19H,3,8-11H2,1-2H3,(H,20,21,22). The number of nitrogens with one attached hydrogen (secondary N) is 2. The second kappa shape index (κ2) is 8.42. The third-order valence-electron chi connectivity index (χ3n) is 4.06. The Labute approximate surface area is 151 Å². The normalized spacial score (nSPS) is 17.3. The molecule has 1 fully saturated rings. The van der Waals surface area contributed by atoms with Gasteiger partial charge < -0.3 is 20.1 Å². The van der Waals surface area contributed by atoms with Gasteiger partial charge in [0.1, 0.15) is 5.75 Å². The quantitative estimate of drug-likeness (QED) is 0.828. The minimum Gasteiger partial charge on any atom is -0.497 e. The van der Waals surface area contributed by atoms with Crippen molar-refractivity contribution in [1.29, 1.82) is 0 Å². The summed E-state index contributed by atoms with van der Waals surface area (Å²) in [7, 11) is 1.65. The second-order valence-corrected chi connectivity index (χ2v) is 6.93. The number of thiazole rings is 1. The number of carbonyl (C=O) groups excluding carboxylic acids is 1. The largest absolute Gasteiger partial charge is 0.497 e. The lowest BCUT2D eigenvalue weighted by Gasteiger charge is -2.22. The van der Waals surface area contributed by atoms with Crippen molar-refractivity contribution in [2.24, 2.45) is 0 Å². The predicted octanol–water partition coefficient (Wildman–Crippen LogP) is 2.70. The molecule has 6 nitrogen and oxygen atoms in total. The maximum absolute atomic E-state index is 12.3. The van der Waals surface area contributed by atoms with Crippen LogP contribution in [0.1, 0.15) is 18.2 Å². The molecule has 0 aliphatic carbocycles. The van der Waals surface area contributed by atoms with Gasteiger partial charge in [-0.1, -0.05) is 6.92 Å². The summed E-state index contributed by atoms with van der Waals surface area (Å²) in [4.78, 5) is 18.0. The number of rotatable bonds is 6. The average Bonchev–Trinajstić information content (AvgIpc) is 3.05. The number of nitrogens with zero attached hydrogens (tertiary/aromatic N) is 1. The fourth-order valence-electron chi connectivity index (χ4n) is 2.76. The van der Waals surface area contributed by atoms with Gasteiger partial charge in [-0.3, -0.25) is 4.79 Å². The summed E-state index contributed by atoms with van der Waals surface area (Å²) < 4.78 is 10.6. The van der Waals surface area contributed by atoms with E-state index >= 15 is 0 Å². The monoisotopic (exact) mass is 361 g/mol. The van der Waals surface area contributed by atoms with E-state index in [1.165, 1.54) is 11.3 Å². The highest BCUT2D eigenvalue weighted by molar-refractivity contribution is 7.16. The molecule has 134 valence electrons. The third kappa shape index (κ3) is 4.56. The third-order valence-corrected chi connectivity index (χ3v) is 5.17. The molecule has 25 heavy (non-hydrogen) atoms. The molecule has 1 aromatic heterocycles. The summed E-state index contributed by atoms with van der Waals surface area (Å²) in [6.07, 6.45) is 1.26. The van der Waals surface area contributed by atoms with Crippen molar-refractivity contribution in [3.05, 3.63) is 29.1 Å². The number of benzene rings is 1. The summed E-state index contributed by atoms with van der Waals surface area (Å²) in [6, 6.07) is 7.88. The van der Waals surface area contributed by atoms with Crippen LogP contribution in [0, 0.1) is 0 Å². The highest BCUT2D eigenvalue weighted by Crippen LogP contribution is 2.32. The number of aromatic nitrogens is 1. The summed E-state index contributed by atoms with van der Waals surface area (Å²) in [5.41, 5.74) is 1.95. The van der Waals surface area contributed by atoms with Crippen LogP contribution in [0.3, 0.4) is 0 Å².